The third-order valence-electron chi connectivity index (χ3n) is 4.30. The van der Waals surface area contributed by atoms with Gasteiger partial charge >= 0.3 is 11.9 Å². The molecule has 0 spiro atoms. The molecule has 0 unspecified atom stereocenters. The van der Waals surface area contributed by atoms with E-state index in [-0.39, 0.29) is 16.2 Å². The van der Waals surface area contributed by atoms with Gasteiger partial charge in [-0.3, -0.25) is 9.69 Å². The van der Waals surface area contributed by atoms with Crippen LogP contribution in [0.5, 0.6) is 0 Å². The highest BCUT2D eigenvalue weighted by molar-refractivity contribution is 7.89. The van der Waals surface area contributed by atoms with Gasteiger partial charge in [0.25, 0.3) is 0 Å². The summed E-state index contributed by atoms with van der Waals surface area (Å²) in [6, 6.07) is 6.10. The summed E-state index contributed by atoms with van der Waals surface area (Å²) in [5, 5.41) is 14.8. The maximum Gasteiger partial charge on any atom is 0.414 e. The Morgan fingerprint density at radius 1 is 1.14 bits per heavy atom. The van der Waals surface area contributed by atoms with E-state index in [4.69, 9.17) is 24.5 Å². The van der Waals surface area contributed by atoms with Crippen molar-refractivity contribution in [2.45, 2.75) is 31.2 Å². The molecule has 0 bridgehead atoms. The molecule has 1 aromatic carbocycles. The molecule has 162 valence electrons. The number of carbonyl (C=O) groups is 3. The van der Waals surface area contributed by atoms with E-state index in [1.807, 2.05) is 13.8 Å². The number of aliphatic carboxylic acids is 2. The summed E-state index contributed by atoms with van der Waals surface area (Å²) in [7, 11) is -3.65. The largest absolute Gasteiger partial charge is 0.473 e. The number of nitrogens with one attached hydrogen (secondary N) is 1. The van der Waals surface area contributed by atoms with Crippen molar-refractivity contribution in [3.8, 4) is 0 Å². The lowest BCUT2D eigenvalue weighted by Crippen LogP contribution is -2.55. The van der Waals surface area contributed by atoms with Gasteiger partial charge in [0.15, 0.2) is 5.78 Å². The molecule has 0 atom stereocenters. The van der Waals surface area contributed by atoms with Crippen LogP contribution < -0.4 is 4.72 Å². The molecular formula is C18H26N2O8S. The van der Waals surface area contributed by atoms with Gasteiger partial charge in [-0.1, -0.05) is 12.1 Å². The summed E-state index contributed by atoms with van der Waals surface area (Å²) in [6.45, 7) is 8.62. The van der Waals surface area contributed by atoms with Gasteiger partial charge in [-0.2, -0.15) is 0 Å². The Morgan fingerprint density at radius 3 is 2.17 bits per heavy atom. The number of ether oxygens (including phenoxy) is 1. The average molecular weight is 430 g/mol. The van der Waals surface area contributed by atoms with E-state index in [0.717, 1.165) is 13.1 Å². The number of carbonyl (C=O) groups excluding carboxylic acids is 1. The molecule has 1 aliphatic heterocycles. The molecule has 0 aromatic heterocycles. The second-order valence-corrected chi connectivity index (χ2v) is 8.70. The summed E-state index contributed by atoms with van der Waals surface area (Å²) >= 11 is 0. The topological polar surface area (TPSA) is 150 Å². The first kappa shape index (κ1) is 24.7. The Kier molecular flexibility index (Phi) is 8.89. The highest BCUT2D eigenvalue weighted by atomic mass is 32.2. The standard InChI is InChI=1S/C16H24N2O4S.C2H2O4/c1-13(19)14-5-4-6-15(11-14)23(20,21)17-12-16(2,3)18-7-9-22-10-8-18;3-1(4)2(5)6/h4-6,11,17H,7-10,12H2,1-3H3;(H,3,4)(H,5,6). The van der Waals surface area contributed by atoms with E-state index in [2.05, 4.69) is 9.62 Å². The van der Waals surface area contributed by atoms with E-state index in [1.54, 1.807) is 12.1 Å². The van der Waals surface area contributed by atoms with Gasteiger partial charge in [-0.15, -0.1) is 0 Å². The smallest absolute Gasteiger partial charge is 0.414 e. The third-order valence-corrected chi connectivity index (χ3v) is 5.69. The fourth-order valence-corrected chi connectivity index (χ4v) is 3.77. The van der Waals surface area contributed by atoms with Crippen molar-refractivity contribution in [2.75, 3.05) is 32.8 Å². The molecule has 29 heavy (non-hydrogen) atoms. The first-order chi connectivity index (χ1) is 13.4. The second kappa shape index (κ2) is 10.4. The minimum Gasteiger partial charge on any atom is -0.473 e. The van der Waals surface area contributed by atoms with Crippen molar-refractivity contribution < 1.29 is 37.8 Å². The molecule has 1 aromatic rings. The van der Waals surface area contributed by atoms with Gasteiger partial charge in [0, 0.05) is 30.7 Å². The molecule has 3 N–H and O–H groups in total. The van der Waals surface area contributed by atoms with Gasteiger partial charge in [0.2, 0.25) is 10.0 Å². The van der Waals surface area contributed by atoms with Gasteiger partial charge in [-0.05, 0) is 32.9 Å². The fraction of sp³-hybridized carbons (Fsp3) is 0.500. The number of carboxylic acid groups (broad SMARTS) is 2. The van der Waals surface area contributed by atoms with Gasteiger partial charge in [-0.25, -0.2) is 22.7 Å². The van der Waals surface area contributed by atoms with Crippen LogP contribution >= 0.6 is 0 Å². The number of hydrogen-bond acceptors (Lipinski definition) is 7. The molecule has 1 aliphatic rings. The van der Waals surface area contributed by atoms with E-state index >= 15 is 0 Å². The van der Waals surface area contributed by atoms with E-state index in [9.17, 15) is 13.2 Å². The summed E-state index contributed by atoms with van der Waals surface area (Å²) in [5.41, 5.74) is 0.0787. The number of ketones is 1. The number of sulfonamides is 1. The number of morpholine rings is 1. The number of hydrogen-bond donors (Lipinski definition) is 3. The predicted molar refractivity (Wildman–Crippen MR) is 103 cm³/mol. The van der Waals surface area contributed by atoms with Crippen molar-refractivity contribution in [2.24, 2.45) is 0 Å². The quantitative estimate of drug-likeness (QED) is 0.431. The Morgan fingerprint density at radius 2 is 1.69 bits per heavy atom. The minimum absolute atomic E-state index is 0.114. The van der Waals surface area contributed by atoms with Gasteiger partial charge < -0.3 is 14.9 Å². The van der Waals surface area contributed by atoms with Crippen molar-refractivity contribution in [3.63, 3.8) is 0 Å². The summed E-state index contributed by atoms with van der Waals surface area (Å²) < 4.78 is 32.9. The summed E-state index contributed by atoms with van der Waals surface area (Å²) in [6.07, 6.45) is 0. The summed E-state index contributed by atoms with van der Waals surface area (Å²) in [5.74, 6) is -3.80. The molecule has 1 fully saturated rings. The monoisotopic (exact) mass is 430 g/mol. The van der Waals surface area contributed by atoms with Crippen LogP contribution in [-0.4, -0.2) is 79.6 Å². The maximum atomic E-state index is 12.5. The molecule has 0 amide bonds. The van der Waals surface area contributed by atoms with Crippen LogP contribution in [0.15, 0.2) is 29.2 Å². The third kappa shape index (κ3) is 7.89. The Bertz CT molecular complexity index is 833. The molecule has 0 radical (unpaired) electrons. The van der Waals surface area contributed by atoms with Gasteiger partial charge in [0.1, 0.15) is 0 Å². The van der Waals surface area contributed by atoms with E-state index in [0.29, 0.717) is 25.3 Å². The molecule has 1 heterocycles. The molecule has 2 rings (SSSR count). The SMILES string of the molecule is CC(=O)c1cccc(S(=O)(=O)NCC(C)(C)N2CCOCC2)c1.O=C(O)C(=O)O. The maximum absolute atomic E-state index is 12.5. The van der Waals surface area contributed by atoms with Crippen molar-refractivity contribution in [1.29, 1.82) is 0 Å². The first-order valence-electron chi connectivity index (χ1n) is 8.76. The van der Waals surface area contributed by atoms with Crippen molar-refractivity contribution in [1.82, 2.24) is 9.62 Å². The first-order valence-corrected chi connectivity index (χ1v) is 10.2. The molecular weight excluding hydrogens is 404 g/mol. The number of nitrogens with zero attached hydrogens (tertiary/aromatic N) is 1. The van der Waals surface area contributed by atoms with Crippen LogP contribution in [0.4, 0.5) is 0 Å². The lowest BCUT2D eigenvalue weighted by atomic mass is 10.0. The highest BCUT2D eigenvalue weighted by Gasteiger charge is 2.30. The molecule has 0 saturated carbocycles. The lowest BCUT2D eigenvalue weighted by molar-refractivity contribution is -0.159. The zero-order valence-corrected chi connectivity index (χ0v) is 17.4. The fourth-order valence-electron chi connectivity index (χ4n) is 2.52. The van der Waals surface area contributed by atoms with Crippen LogP contribution in [0, 0.1) is 0 Å². The van der Waals surface area contributed by atoms with E-state index in [1.165, 1.54) is 19.1 Å². The van der Waals surface area contributed by atoms with Gasteiger partial charge in [0.05, 0.1) is 18.1 Å². The molecule has 10 nitrogen and oxygen atoms in total. The van der Waals surface area contributed by atoms with Crippen molar-refractivity contribution in [3.05, 3.63) is 29.8 Å². The number of carboxylic acids is 2. The van der Waals surface area contributed by atoms with Crippen molar-refractivity contribution >= 4 is 27.7 Å². The molecule has 0 aliphatic carbocycles. The Hall–Kier alpha value is -2.34. The predicted octanol–water partition coefficient (Wildman–Crippen LogP) is 0.434. The number of rotatable bonds is 6. The minimum atomic E-state index is -3.65. The lowest BCUT2D eigenvalue weighted by Gasteiger charge is -2.40. The normalized spacial score (nSPS) is 15.1. The van der Waals surface area contributed by atoms with Crippen LogP contribution in [-0.2, 0) is 24.3 Å². The summed E-state index contributed by atoms with van der Waals surface area (Å²) in [4.78, 5) is 31.9. The number of Topliss-reactive ketones (excluding diaryl/α,β-unsaturated/α-hetero) is 1. The Labute approximate surface area is 169 Å². The zero-order valence-electron chi connectivity index (χ0n) is 16.5. The van der Waals surface area contributed by atoms with E-state index < -0.39 is 22.0 Å². The second-order valence-electron chi connectivity index (χ2n) is 6.93. The zero-order chi connectivity index (χ0) is 22.2. The van der Waals surface area contributed by atoms with Crippen LogP contribution in [0.1, 0.15) is 31.1 Å². The van der Waals surface area contributed by atoms with Crippen LogP contribution in [0.3, 0.4) is 0 Å². The average Bonchev–Trinajstić information content (AvgIpc) is 2.68. The highest BCUT2D eigenvalue weighted by Crippen LogP contribution is 2.17. The molecule has 11 heteroatoms. The molecule has 1 saturated heterocycles. The van der Waals surface area contributed by atoms with Crippen LogP contribution in [0.2, 0.25) is 0 Å². The Balaban J connectivity index is 0.000000612. The number of benzene rings is 1. The van der Waals surface area contributed by atoms with Crippen LogP contribution in [0.25, 0.3) is 0 Å².